The zero-order valence-electron chi connectivity index (χ0n) is 21.0. The van der Waals surface area contributed by atoms with E-state index in [0.717, 1.165) is 37.8 Å². The third kappa shape index (κ3) is 5.57. The van der Waals surface area contributed by atoms with E-state index in [0.29, 0.717) is 48.1 Å². The van der Waals surface area contributed by atoms with Gasteiger partial charge in [0.15, 0.2) is 0 Å². The van der Waals surface area contributed by atoms with E-state index in [1.54, 1.807) is 30.6 Å². The van der Waals surface area contributed by atoms with Crippen molar-refractivity contribution in [2.75, 3.05) is 13.6 Å². The average Bonchev–Trinajstić information content (AvgIpc) is 3.60. The summed E-state index contributed by atoms with van der Waals surface area (Å²) in [7, 11) is 3.47. The van der Waals surface area contributed by atoms with E-state index in [4.69, 9.17) is 14.5 Å². The maximum atomic E-state index is 12.2. The highest BCUT2D eigenvalue weighted by molar-refractivity contribution is 5.74. The van der Waals surface area contributed by atoms with Crippen molar-refractivity contribution in [3.63, 3.8) is 0 Å². The van der Waals surface area contributed by atoms with Crippen molar-refractivity contribution in [1.29, 1.82) is 0 Å². The molecule has 2 saturated carbocycles. The summed E-state index contributed by atoms with van der Waals surface area (Å²) in [6, 6.07) is 3.75. The number of nitrogens with zero attached hydrogens (tertiary/aromatic N) is 5. The van der Waals surface area contributed by atoms with Crippen LogP contribution in [0.1, 0.15) is 76.1 Å². The Morgan fingerprint density at radius 2 is 2.06 bits per heavy atom. The fourth-order valence-corrected chi connectivity index (χ4v) is 4.65. The molecule has 190 valence electrons. The zero-order valence-corrected chi connectivity index (χ0v) is 21.0. The van der Waals surface area contributed by atoms with Crippen LogP contribution in [0.3, 0.4) is 0 Å². The van der Waals surface area contributed by atoms with Crippen LogP contribution in [0.15, 0.2) is 12.1 Å². The molecule has 0 unspecified atom stereocenters. The minimum atomic E-state index is -0.765. The molecule has 2 aromatic heterocycles. The van der Waals surface area contributed by atoms with Gasteiger partial charge in [0.1, 0.15) is 23.7 Å². The van der Waals surface area contributed by atoms with Gasteiger partial charge in [0.25, 0.3) is 0 Å². The van der Waals surface area contributed by atoms with Gasteiger partial charge >= 0.3 is 12.1 Å². The fourth-order valence-electron chi connectivity index (χ4n) is 4.65. The van der Waals surface area contributed by atoms with Crippen molar-refractivity contribution in [2.24, 2.45) is 12.5 Å². The van der Waals surface area contributed by atoms with E-state index in [-0.39, 0.29) is 12.7 Å². The minimum Gasteiger partial charge on any atom is -0.488 e. The molecular formula is C25H35N5O5. The molecular weight excluding hydrogens is 450 g/mol. The molecule has 2 aliphatic carbocycles. The molecule has 2 aliphatic rings. The molecule has 2 aromatic rings. The lowest BCUT2D eigenvalue weighted by molar-refractivity contribution is -0.151. The summed E-state index contributed by atoms with van der Waals surface area (Å²) in [5, 5.41) is 18.1. The van der Waals surface area contributed by atoms with Crippen molar-refractivity contribution < 1.29 is 24.2 Å². The van der Waals surface area contributed by atoms with Crippen LogP contribution in [0.5, 0.6) is 5.75 Å². The lowest BCUT2D eigenvalue weighted by Gasteiger charge is -2.35. The second kappa shape index (κ2) is 10.2. The van der Waals surface area contributed by atoms with Gasteiger partial charge in [-0.25, -0.2) is 14.5 Å². The minimum absolute atomic E-state index is 0.0419. The number of pyridine rings is 1. The van der Waals surface area contributed by atoms with Gasteiger partial charge in [-0.05, 0) is 57.6 Å². The first-order valence-electron chi connectivity index (χ1n) is 12.4. The van der Waals surface area contributed by atoms with Crippen molar-refractivity contribution >= 4 is 12.1 Å². The van der Waals surface area contributed by atoms with Crippen LogP contribution in [0.25, 0.3) is 11.4 Å². The van der Waals surface area contributed by atoms with Crippen molar-refractivity contribution in [3.05, 3.63) is 23.5 Å². The Kier molecular flexibility index (Phi) is 7.28. The maximum Gasteiger partial charge on any atom is 0.409 e. The van der Waals surface area contributed by atoms with Gasteiger partial charge in [-0.1, -0.05) is 12.1 Å². The van der Waals surface area contributed by atoms with Gasteiger partial charge in [-0.2, -0.15) is 0 Å². The number of amides is 1. The van der Waals surface area contributed by atoms with Gasteiger partial charge in [-0.3, -0.25) is 4.79 Å². The molecule has 0 spiro atoms. The number of rotatable bonds is 9. The van der Waals surface area contributed by atoms with Crippen LogP contribution in [-0.4, -0.2) is 61.7 Å². The Balaban J connectivity index is 1.53. The fraction of sp³-hybridized carbons (Fsp3) is 0.640. The monoisotopic (exact) mass is 485 g/mol. The number of aryl methyl sites for hydroxylation is 1. The topological polar surface area (TPSA) is 120 Å². The van der Waals surface area contributed by atoms with E-state index in [2.05, 4.69) is 10.3 Å². The molecule has 0 aromatic carbocycles. The Hall–Kier alpha value is -3.17. The summed E-state index contributed by atoms with van der Waals surface area (Å²) in [4.78, 5) is 30.4. The zero-order chi connectivity index (χ0) is 25.2. The Morgan fingerprint density at radius 1 is 1.29 bits per heavy atom. The predicted molar refractivity (Wildman–Crippen MR) is 128 cm³/mol. The van der Waals surface area contributed by atoms with Crippen LogP contribution in [0, 0.1) is 5.41 Å². The number of carbonyl (C=O) groups is 2. The van der Waals surface area contributed by atoms with Gasteiger partial charge in [-0.15, -0.1) is 5.10 Å². The van der Waals surface area contributed by atoms with Crippen LogP contribution in [0.2, 0.25) is 0 Å². The van der Waals surface area contributed by atoms with Crippen LogP contribution in [-0.2, 0) is 23.2 Å². The summed E-state index contributed by atoms with van der Waals surface area (Å²) >= 11 is 0. The first-order valence-corrected chi connectivity index (χ1v) is 12.4. The van der Waals surface area contributed by atoms with Gasteiger partial charge in [0, 0.05) is 33.0 Å². The highest BCUT2D eigenvalue weighted by Gasteiger charge is 2.40. The molecule has 0 radical (unpaired) electrons. The van der Waals surface area contributed by atoms with E-state index in [1.807, 2.05) is 19.1 Å². The maximum absolute atomic E-state index is 12.2. The van der Waals surface area contributed by atoms with E-state index >= 15 is 0 Å². The third-order valence-electron chi connectivity index (χ3n) is 6.98. The lowest BCUT2D eigenvalue weighted by Crippen LogP contribution is -2.38. The van der Waals surface area contributed by atoms with Gasteiger partial charge in [0.2, 0.25) is 0 Å². The Morgan fingerprint density at radius 3 is 2.74 bits per heavy atom. The summed E-state index contributed by atoms with van der Waals surface area (Å²) in [6.45, 7) is 4.47. The number of hydrogen-bond acceptors (Lipinski definition) is 7. The first kappa shape index (κ1) is 24.9. The van der Waals surface area contributed by atoms with Crippen LogP contribution in [0.4, 0.5) is 4.79 Å². The van der Waals surface area contributed by atoms with Crippen molar-refractivity contribution in [3.8, 4) is 17.1 Å². The SMILES string of the molecule is CCCN(C)C(=O)OCc1c(-c2ccc(O[C@H]3CCC[C@](C)(C(=O)O)C3)c(C3CC3)n2)nnn1C. The molecule has 10 heteroatoms. The second-order valence-electron chi connectivity index (χ2n) is 10.0. The number of hydrogen-bond donors (Lipinski definition) is 1. The Bertz CT molecular complexity index is 1080. The highest BCUT2D eigenvalue weighted by atomic mass is 16.6. The number of ether oxygens (including phenoxy) is 2. The van der Waals surface area contributed by atoms with E-state index < -0.39 is 17.5 Å². The molecule has 1 N–H and O–H groups in total. The molecule has 0 aliphatic heterocycles. The molecule has 4 rings (SSSR count). The smallest absolute Gasteiger partial charge is 0.409 e. The highest BCUT2D eigenvalue weighted by Crippen LogP contribution is 2.45. The quantitative estimate of drug-likeness (QED) is 0.563. The number of aliphatic carboxylic acids is 1. The largest absolute Gasteiger partial charge is 0.488 e. The average molecular weight is 486 g/mol. The Labute approximate surface area is 205 Å². The molecule has 2 atom stereocenters. The van der Waals surface area contributed by atoms with Crippen LogP contribution >= 0.6 is 0 Å². The number of carboxylic acid groups (broad SMARTS) is 1. The predicted octanol–water partition coefficient (Wildman–Crippen LogP) is 4.15. The van der Waals surface area contributed by atoms with Crippen molar-refractivity contribution in [2.45, 2.75) is 77.4 Å². The third-order valence-corrected chi connectivity index (χ3v) is 6.98. The summed E-state index contributed by atoms with van der Waals surface area (Å²) in [6.07, 6.45) is 5.20. The van der Waals surface area contributed by atoms with Gasteiger partial charge in [0.05, 0.1) is 22.9 Å². The van der Waals surface area contributed by atoms with E-state index in [9.17, 15) is 14.7 Å². The molecule has 2 fully saturated rings. The molecule has 35 heavy (non-hydrogen) atoms. The number of carboxylic acids is 1. The normalized spacial score (nSPS) is 22.0. The molecule has 0 bridgehead atoms. The van der Waals surface area contributed by atoms with Crippen LogP contribution < -0.4 is 4.74 Å². The second-order valence-corrected chi connectivity index (χ2v) is 10.0. The molecule has 2 heterocycles. The lowest BCUT2D eigenvalue weighted by atomic mass is 9.74. The van der Waals surface area contributed by atoms with Crippen molar-refractivity contribution in [1.82, 2.24) is 24.9 Å². The summed E-state index contributed by atoms with van der Waals surface area (Å²) in [5.74, 6) is 0.271. The molecule has 1 amide bonds. The molecule has 0 saturated heterocycles. The summed E-state index contributed by atoms with van der Waals surface area (Å²) in [5.41, 5.74) is 2.01. The first-order chi connectivity index (χ1) is 16.7. The molecule has 10 nitrogen and oxygen atoms in total. The van der Waals surface area contributed by atoms with Gasteiger partial charge < -0.3 is 19.5 Å². The summed E-state index contributed by atoms with van der Waals surface area (Å²) < 4.78 is 13.4. The number of carbonyl (C=O) groups excluding carboxylic acids is 1. The number of aromatic nitrogens is 4. The van der Waals surface area contributed by atoms with E-state index in [1.165, 1.54) is 0 Å². The standard InChI is InChI=1S/C25H35N5O5/c1-5-13-29(3)24(33)34-15-19-22(27-28-30(19)4)18-10-11-20(21(26-18)16-8-9-16)35-17-7-6-12-25(2,14-17)23(31)32/h10-11,16-17H,5-9,12-15H2,1-4H3,(H,31,32)/t17-,25-/m0/s1.